The Bertz CT molecular complexity index is 449. The van der Waals surface area contributed by atoms with Crippen LogP contribution in [0.2, 0.25) is 0 Å². The van der Waals surface area contributed by atoms with E-state index in [4.69, 9.17) is 4.74 Å². The summed E-state index contributed by atoms with van der Waals surface area (Å²) in [5.41, 5.74) is 1.19. The van der Waals surface area contributed by atoms with E-state index in [2.05, 4.69) is 41.3 Å². The number of nitrogens with one attached hydrogen (secondary N) is 1. The quantitative estimate of drug-likeness (QED) is 0.414. The van der Waals surface area contributed by atoms with Gasteiger partial charge in [0, 0.05) is 27.2 Å². The molecule has 0 unspecified atom stereocenters. The van der Waals surface area contributed by atoms with Crippen LogP contribution in [0, 0.1) is 0 Å². The molecule has 1 rings (SSSR count). The predicted octanol–water partition coefficient (Wildman–Crippen LogP) is 3.90. The molecule has 1 aromatic rings. The molecule has 0 aromatic heterocycles. The van der Waals surface area contributed by atoms with Crippen molar-refractivity contribution in [3.05, 3.63) is 29.8 Å². The zero-order valence-electron chi connectivity index (χ0n) is 14.4. The summed E-state index contributed by atoms with van der Waals surface area (Å²) in [4.78, 5) is 6.49. The molecule has 0 heterocycles. The molecule has 0 aliphatic heterocycles. The minimum atomic E-state index is 0. The maximum absolute atomic E-state index is 5.72. The number of nitrogens with zero attached hydrogens (tertiary/aromatic N) is 2. The molecule has 0 fully saturated rings. The van der Waals surface area contributed by atoms with Crippen LogP contribution in [-0.2, 0) is 6.54 Å². The number of guanidine groups is 1. The summed E-state index contributed by atoms with van der Waals surface area (Å²) in [7, 11) is 3.90. The van der Waals surface area contributed by atoms with Crippen molar-refractivity contribution in [1.82, 2.24) is 10.2 Å². The van der Waals surface area contributed by atoms with E-state index in [0.717, 1.165) is 24.8 Å². The van der Waals surface area contributed by atoms with E-state index in [0.29, 0.717) is 0 Å². The normalized spacial score (nSPS) is 11.1. The second kappa shape index (κ2) is 11.6. The average Bonchev–Trinajstić information content (AvgIpc) is 2.45. The monoisotopic (exact) mass is 419 g/mol. The largest absolute Gasteiger partial charge is 0.491 e. The number of hydrogen-bond acceptors (Lipinski definition) is 2. The number of benzene rings is 1. The molecule has 0 aliphatic carbocycles. The fourth-order valence-corrected chi connectivity index (χ4v) is 2.07. The molecular weight excluding hydrogens is 389 g/mol. The smallest absolute Gasteiger partial charge is 0.193 e. The highest BCUT2D eigenvalue weighted by Gasteiger charge is 2.05. The van der Waals surface area contributed by atoms with Crippen molar-refractivity contribution in [3.8, 4) is 5.75 Å². The van der Waals surface area contributed by atoms with Gasteiger partial charge in [-0.3, -0.25) is 4.99 Å². The van der Waals surface area contributed by atoms with Crippen molar-refractivity contribution in [2.45, 2.75) is 46.3 Å². The topological polar surface area (TPSA) is 36.9 Å². The molecule has 0 spiro atoms. The molecule has 22 heavy (non-hydrogen) atoms. The summed E-state index contributed by atoms with van der Waals surface area (Å²) in [6.45, 7) is 8.04. The molecule has 4 nitrogen and oxygen atoms in total. The van der Waals surface area contributed by atoms with Gasteiger partial charge in [0.2, 0.25) is 0 Å². The number of aliphatic imine (C=N–C) groups is 1. The molecule has 0 saturated carbocycles. The molecule has 0 aliphatic rings. The third kappa shape index (κ3) is 7.87. The molecule has 5 heteroatoms. The van der Waals surface area contributed by atoms with Crippen molar-refractivity contribution in [3.63, 3.8) is 0 Å². The summed E-state index contributed by atoms with van der Waals surface area (Å²) in [6, 6.07) is 8.19. The molecule has 1 aromatic carbocycles. The Morgan fingerprint density at radius 2 is 2.09 bits per heavy atom. The second-order valence-electron chi connectivity index (χ2n) is 5.49. The van der Waals surface area contributed by atoms with Crippen LogP contribution in [0.4, 0.5) is 0 Å². The van der Waals surface area contributed by atoms with Gasteiger partial charge in [-0.25, -0.2) is 0 Å². The van der Waals surface area contributed by atoms with Crippen LogP contribution >= 0.6 is 24.0 Å². The van der Waals surface area contributed by atoms with Gasteiger partial charge >= 0.3 is 0 Å². The van der Waals surface area contributed by atoms with Crippen LogP contribution in [0.1, 0.15) is 39.2 Å². The summed E-state index contributed by atoms with van der Waals surface area (Å²) >= 11 is 0. The third-order valence-corrected chi connectivity index (χ3v) is 3.14. The van der Waals surface area contributed by atoms with E-state index >= 15 is 0 Å². The van der Waals surface area contributed by atoms with Crippen LogP contribution in [-0.4, -0.2) is 37.6 Å². The van der Waals surface area contributed by atoms with Crippen LogP contribution in [0.3, 0.4) is 0 Å². The van der Waals surface area contributed by atoms with Crippen LogP contribution < -0.4 is 10.1 Å². The van der Waals surface area contributed by atoms with E-state index in [9.17, 15) is 0 Å². The SMILES string of the molecule is CCCCN(C)C(=NC)NCc1cccc(OC(C)C)c1.I. The number of halogens is 1. The lowest BCUT2D eigenvalue weighted by molar-refractivity contribution is 0.242. The Labute approximate surface area is 152 Å². The minimum absolute atomic E-state index is 0. The predicted molar refractivity (Wildman–Crippen MR) is 105 cm³/mol. The molecule has 0 amide bonds. The zero-order valence-corrected chi connectivity index (χ0v) is 16.8. The van der Waals surface area contributed by atoms with Gasteiger partial charge in [0.15, 0.2) is 5.96 Å². The Hall–Kier alpha value is -0.980. The highest BCUT2D eigenvalue weighted by molar-refractivity contribution is 14.0. The van der Waals surface area contributed by atoms with Crippen LogP contribution in [0.5, 0.6) is 5.75 Å². The van der Waals surface area contributed by atoms with Crippen molar-refractivity contribution in [2.24, 2.45) is 4.99 Å². The number of unbranched alkanes of at least 4 members (excludes halogenated alkanes) is 1. The van der Waals surface area contributed by atoms with Crippen LogP contribution in [0.15, 0.2) is 29.3 Å². The molecule has 126 valence electrons. The Morgan fingerprint density at radius 1 is 1.36 bits per heavy atom. The van der Waals surface area contributed by atoms with E-state index in [1.54, 1.807) is 0 Å². The van der Waals surface area contributed by atoms with Crippen molar-refractivity contribution < 1.29 is 4.74 Å². The maximum atomic E-state index is 5.72. The summed E-state index contributed by atoms with van der Waals surface area (Å²) in [5, 5.41) is 3.40. The van der Waals surface area contributed by atoms with Crippen molar-refractivity contribution >= 4 is 29.9 Å². The summed E-state index contributed by atoms with van der Waals surface area (Å²) in [5.74, 6) is 1.84. The first-order valence-corrected chi connectivity index (χ1v) is 7.74. The molecule has 0 atom stereocenters. The highest BCUT2D eigenvalue weighted by Crippen LogP contribution is 2.14. The van der Waals surface area contributed by atoms with Crippen molar-refractivity contribution in [2.75, 3.05) is 20.6 Å². The fourth-order valence-electron chi connectivity index (χ4n) is 2.07. The third-order valence-electron chi connectivity index (χ3n) is 3.14. The molecule has 0 radical (unpaired) electrons. The second-order valence-corrected chi connectivity index (χ2v) is 5.49. The lowest BCUT2D eigenvalue weighted by atomic mass is 10.2. The number of hydrogen-bond donors (Lipinski definition) is 1. The number of ether oxygens (including phenoxy) is 1. The van der Waals surface area contributed by atoms with Gasteiger partial charge in [0.05, 0.1) is 6.10 Å². The average molecular weight is 419 g/mol. The van der Waals surface area contributed by atoms with Gasteiger partial charge in [-0.05, 0) is 38.0 Å². The van der Waals surface area contributed by atoms with Gasteiger partial charge in [0.1, 0.15) is 5.75 Å². The highest BCUT2D eigenvalue weighted by atomic mass is 127. The zero-order chi connectivity index (χ0) is 15.7. The minimum Gasteiger partial charge on any atom is -0.491 e. The lowest BCUT2D eigenvalue weighted by Gasteiger charge is -2.22. The standard InChI is InChI=1S/C17H29N3O.HI/c1-6-7-11-20(5)17(18-4)19-13-15-9-8-10-16(12-15)21-14(2)3;/h8-10,12,14H,6-7,11,13H2,1-5H3,(H,18,19);1H. The lowest BCUT2D eigenvalue weighted by Crippen LogP contribution is -2.38. The Kier molecular flexibility index (Phi) is 11.1. The number of rotatable bonds is 7. The summed E-state index contributed by atoms with van der Waals surface area (Å²) in [6.07, 6.45) is 2.56. The van der Waals surface area contributed by atoms with E-state index in [1.807, 2.05) is 33.0 Å². The van der Waals surface area contributed by atoms with Gasteiger partial charge in [0.25, 0.3) is 0 Å². The maximum Gasteiger partial charge on any atom is 0.193 e. The first kappa shape index (κ1) is 21.0. The van der Waals surface area contributed by atoms with E-state index < -0.39 is 0 Å². The Morgan fingerprint density at radius 3 is 2.68 bits per heavy atom. The molecule has 1 N–H and O–H groups in total. The molecule has 0 bridgehead atoms. The van der Waals surface area contributed by atoms with Gasteiger partial charge in [-0.15, -0.1) is 24.0 Å². The van der Waals surface area contributed by atoms with E-state index in [1.165, 1.54) is 18.4 Å². The van der Waals surface area contributed by atoms with Gasteiger partial charge in [-0.1, -0.05) is 25.5 Å². The molecule has 0 saturated heterocycles. The van der Waals surface area contributed by atoms with E-state index in [-0.39, 0.29) is 30.1 Å². The Balaban J connectivity index is 0.00000441. The van der Waals surface area contributed by atoms with Gasteiger partial charge in [-0.2, -0.15) is 0 Å². The molecular formula is C17H30IN3O. The first-order chi connectivity index (χ1) is 10.1. The fraction of sp³-hybridized carbons (Fsp3) is 0.588. The first-order valence-electron chi connectivity index (χ1n) is 7.74. The van der Waals surface area contributed by atoms with Crippen molar-refractivity contribution in [1.29, 1.82) is 0 Å². The van der Waals surface area contributed by atoms with Gasteiger partial charge < -0.3 is 15.0 Å². The summed E-state index contributed by atoms with van der Waals surface area (Å²) < 4.78 is 5.72. The van der Waals surface area contributed by atoms with Crippen LogP contribution in [0.25, 0.3) is 0 Å².